The molecule has 1 saturated heterocycles. The van der Waals surface area contributed by atoms with Crippen molar-refractivity contribution >= 4 is 23.1 Å². The number of thiazole rings is 1. The van der Waals surface area contributed by atoms with Gasteiger partial charge in [0, 0.05) is 35.5 Å². The van der Waals surface area contributed by atoms with Gasteiger partial charge in [-0.1, -0.05) is 20.8 Å². The Labute approximate surface area is 125 Å². The molecule has 1 N–H and O–H groups in total. The lowest BCUT2D eigenvalue weighted by Crippen LogP contribution is -2.32. The summed E-state index contributed by atoms with van der Waals surface area (Å²) in [4.78, 5) is 8.78. The van der Waals surface area contributed by atoms with Crippen molar-refractivity contribution in [2.45, 2.75) is 45.8 Å². The quantitative estimate of drug-likeness (QED) is 0.905. The number of rotatable bonds is 5. The van der Waals surface area contributed by atoms with Crippen molar-refractivity contribution in [2.24, 2.45) is 0 Å². The average molecular weight is 300 g/mol. The third-order valence-corrected chi connectivity index (χ3v) is 5.70. The maximum Gasteiger partial charge on any atom is 0.111 e. The van der Waals surface area contributed by atoms with E-state index in [1.165, 1.54) is 33.6 Å². The van der Waals surface area contributed by atoms with Gasteiger partial charge in [0.2, 0.25) is 0 Å². The van der Waals surface area contributed by atoms with Gasteiger partial charge in [-0.15, -0.1) is 11.3 Å². The highest BCUT2D eigenvalue weighted by Gasteiger charge is 2.25. The van der Waals surface area contributed by atoms with Gasteiger partial charge in [0.25, 0.3) is 0 Å². The first-order chi connectivity index (χ1) is 9.11. The Kier molecular flexibility index (Phi) is 5.69. The summed E-state index contributed by atoms with van der Waals surface area (Å²) in [6.45, 7) is 8.73. The van der Waals surface area contributed by atoms with Gasteiger partial charge in [-0.25, -0.2) is 4.98 Å². The Morgan fingerprint density at radius 1 is 1.47 bits per heavy atom. The molecule has 5 heteroatoms. The SMILES string of the molecule is CCc1nc(C2CSCCN2C)sc1CNC(C)C. The van der Waals surface area contributed by atoms with Gasteiger partial charge >= 0.3 is 0 Å². The van der Waals surface area contributed by atoms with Crippen LogP contribution in [-0.4, -0.2) is 41.0 Å². The molecule has 19 heavy (non-hydrogen) atoms. The van der Waals surface area contributed by atoms with Crippen LogP contribution >= 0.6 is 23.1 Å². The molecule has 1 aromatic rings. The van der Waals surface area contributed by atoms with Crippen molar-refractivity contribution in [3.8, 4) is 0 Å². The summed E-state index contributed by atoms with van der Waals surface area (Å²) in [7, 11) is 2.23. The molecule has 1 atom stereocenters. The van der Waals surface area contributed by atoms with Crippen LogP contribution in [0.5, 0.6) is 0 Å². The van der Waals surface area contributed by atoms with Crippen LogP contribution in [0.2, 0.25) is 0 Å². The largest absolute Gasteiger partial charge is 0.310 e. The molecule has 1 aromatic heterocycles. The summed E-state index contributed by atoms with van der Waals surface area (Å²) in [6, 6.07) is 1.05. The molecule has 108 valence electrons. The zero-order valence-electron chi connectivity index (χ0n) is 12.4. The van der Waals surface area contributed by atoms with Crippen molar-refractivity contribution in [2.75, 3.05) is 25.1 Å². The number of hydrogen-bond acceptors (Lipinski definition) is 5. The molecular formula is C14H25N3S2. The molecule has 2 heterocycles. The van der Waals surface area contributed by atoms with E-state index in [0.29, 0.717) is 12.1 Å². The first-order valence-corrected chi connectivity index (χ1v) is 9.08. The van der Waals surface area contributed by atoms with Gasteiger partial charge in [-0.2, -0.15) is 11.8 Å². The summed E-state index contributed by atoms with van der Waals surface area (Å²) in [5, 5.41) is 4.83. The standard InChI is InChI=1S/C14H25N3S2/c1-5-11-13(8-15-10(2)3)19-14(16-11)12-9-18-7-6-17(12)4/h10,12,15H,5-9H2,1-4H3. The van der Waals surface area contributed by atoms with Crippen LogP contribution in [-0.2, 0) is 13.0 Å². The molecule has 0 spiro atoms. The maximum absolute atomic E-state index is 4.90. The topological polar surface area (TPSA) is 28.2 Å². The predicted molar refractivity (Wildman–Crippen MR) is 86.2 cm³/mol. The van der Waals surface area contributed by atoms with Crippen LogP contribution < -0.4 is 5.32 Å². The summed E-state index contributed by atoms with van der Waals surface area (Å²) < 4.78 is 0. The second-order valence-corrected chi connectivity index (χ2v) is 7.65. The highest BCUT2D eigenvalue weighted by Crippen LogP contribution is 2.32. The summed E-state index contributed by atoms with van der Waals surface area (Å²) in [5.41, 5.74) is 1.29. The van der Waals surface area contributed by atoms with Crippen LogP contribution in [0.1, 0.15) is 42.4 Å². The summed E-state index contributed by atoms with van der Waals surface area (Å²) >= 11 is 3.96. The lowest BCUT2D eigenvalue weighted by Gasteiger charge is -2.30. The smallest absolute Gasteiger partial charge is 0.111 e. The minimum atomic E-state index is 0.516. The highest BCUT2D eigenvalue weighted by atomic mass is 32.2. The molecule has 0 aromatic carbocycles. The van der Waals surface area contributed by atoms with E-state index in [0.717, 1.165) is 13.0 Å². The lowest BCUT2D eigenvalue weighted by molar-refractivity contribution is 0.274. The summed E-state index contributed by atoms with van der Waals surface area (Å²) in [5.74, 6) is 2.44. The van der Waals surface area contributed by atoms with Crippen molar-refractivity contribution in [1.29, 1.82) is 0 Å². The van der Waals surface area contributed by atoms with E-state index in [1.807, 2.05) is 11.3 Å². The van der Waals surface area contributed by atoms with Gasteiger partial charge in [-0.05, 0) is 13.5 Å². The Balaban J connectivity index is 2.12. The summed E-state index contributed by atoms with van der Waals surface area (Å²) in [6.07, 6.45) is 1.04. The minimum absolute atomic E-state index is 0.516. The molecule has 1 aliphatic heterocycles. The molecule has 1 aliphatic rings. The fourth-order valence-electron chi connectivity index (χ4n) is 2.20. The van der Waals surface area contributed by atoms with Gasteiger partial charge in [0.05, 0.1) is 11.7 Å². The number of aromatic nitrogens is 1. The zero-order chi connectivity index (χ0) is 13.8. The maximum atomic E-state index is 4.90. The van der Waals surface area contributed by atoms with E-state index in [-0.39, 0.29) is 0 Å². The first-order valence-electron chi connectivity index (χ1n) is 7.11. The van der Waals surface area contributed by atoms with Gasteiger partial charge < -0.3 is 5.32 Å². The fourth-order valence-corrected chi connectivity index (χ4v) is 4.80. The van der Waals surface area contributed by atoms with E-state index in [4.69, 9.17) is 4.98 Å². The van der Waals surface area contributed by atoms with Crippen LogP contribution in [0.15, 0.2) is 0 Å². The van der Waals surface area contributed by atoms with E-state index in [9.17, 15) is 0 Å². The first kappa shape index (κ1) is 15.3. The Bertz CT molecular complexity index is 403. The van der Waals surface area contributed by atoms with E-state index < -0.39 is 0 Å². The Morgan fingerprint density at radius 3 is 2.89 bits per heavy atom. The Hall–Kier alpha value is -0.100. The molecule has 0 aliphatic carbocycles. The van der Waals surface area contributed by atoms with Crippen LogP contribution in [0.25, 0.3) is 0 Å². The third kappa shape index (κ3) is 3.94. The monoisotopic (exact) mass is 299 g/mol. The zero-order valence-corrected chi connectivity index (χ0v) is 14.0. The normalized spacial score (nSPS) is 21.2. The molecule has 0 amide bonds. The number of hydrogen-bond donors (Lipinski definition) is 1. The van der Waals surface area contributed by atoms with Crippen molar-refractivity contribution in [3.05, 3.63) is 15.6 Å². The molecule has 1 fully saturated rings. The number of thioether (sulfide) groups is 1. The molecule has 0 bridgehead atoms. The number of nitrogens with zero attached hydrogens (tertiary/aromatic N) is 2. The van der Waals surface area contributed by atoms with Crippen molar-refractivity contribution < 1.29 is 0 Å². The molecular weight excluding hydrogens is 274 g/mol. The van der Waals surface area contributed by atoms with Crippen molar-refractivity contribution in [3.63, 3.8) is 0 Å². The van der Waals surface area contributed by atoms with E-state index >= 15 is 0 Å². The predicted octanol–water partition coefficient (Wildman–Crippen LogP) is 2.92. The molecule has 3 nitrogen and oxygen atoms in total. The van der Waals surface area contributed by atoms with Gasteiger partial charge in [-0.3, -0.25) is 4.90 Å². The van der Waals surface area contributed by atoms with Crippen molar-refractivity contribution in [1.82, 2.24) is 15.2 Å². The van der Waals surface area contributed by atoms with E-state index in [2.05, 4.69) is 49.8 Å². The fraction of sp³-hybridized carbons (Fsp3) is 0.786. The van der Waals surface area contributed by atoms with Crippen LogP contribution in [0, 0.1) is 0 Å². The number of nitrogens with one attached hydrogen (secondary N) is 1. The van der Waals surface area contributed by atoms with Crippen LogP contribution in [0.4, 0.5) is 0 Å². The Morgan fingerprint density at radius 2 is 2.26 bits per heavy atom. The van der Waals surface area contributed by atoms with Gasteiger partial charge in [0.15, 0.2) is 0 Å². The molecule has 2 rings (SSSR count). The highest BCUT2D eigenvalue weighted by molar-refractivity contribution is 7.99. The second kappa shape index (κ2) is 7.07. The average Bonchev–Trinajstić information content (AvgIpc) is 2.80. The number of aryl methyl sites for hydroxylation is 1. The van der Waals surface area contributed by atoms with Gasteiger partial charge in [0.1, 0.15) is 5.01 Å². The van der Waals surface area contributed by atoms with E-state index in [1.54, 1.807) is 0 Å². The minimum Gasteiger partial charge on any atom is -0.310 e. The lowest BCUT2D eigenvalue weighted by atomic mass is 10.2. The molecule has 1 unspecified atom stereocenters. The third-order valence-electron chi connectivity index (χ3n) is 3.48. The second-order valence-electron chi connectivity index (χ2n) is 5.38. The van der Waals surface area contributed by atoms with Crippen LogP contribution in [0.3, 0.4) is 0 Å². The molecule has 0 radical (unpaired) electrons. The molecule has 0 saturated carbocycles.